The van der Waals surface area contributed by atoms with Crippen molar-refractivity contribution in [2.75, 3.05) is 12.4 Å². The largest absolute Gasteiger partial charge is 0.497 e. The first-order valence-corrected chi connectivity index (χ1v) is 7.83. The molecule has 1 aromatic carbocycles. The Balaban J connectivity index is 1.92. The molecule has 0 fully saturated rings. The molecule has 3 rings (SSSR count). The normalized spacial score (nSPS) is 10.7. The second-order valence-corrected chi connectivity index (χ2v) is 6.15. The maximum Gasteiger partial charge on any atom is 0.134 e. The van der Waals surface area contributed by atoms with Crippen molar-refractivity contribution >= 4 is 43.9 Å². The van der Waals surface area contributed by atoms with Crippen LogP contribution in [0.15, 0.2) is 46.4 Å². The third-order valence-electron chi connectivity index (χ3n) is 3.08. The summed E-state index contributed by atoms with van der Waals surface area (Å²) in [5.74, 6) is 1.72. The van der Waals surface area contributed by atoms with Gasteiger partial charge < -0.3 is 10.1 Å². The van der Waals surface area contributed by atoms with Crippen molar-refractivity contribution in [3.63, 3.8) is 0 Å². The highest BCUT2D eigenvalue weighted by Crippen LogP contribution is 2.28. The number of methoxy groups -OCH3 is 1. The third-order valence-corrected chi connectivity index (χ3v) is 5.01. The zero-order chi connectivity index (χ0) is 13.9. The van der Waals surface area contributed by atoms with Crippen LogP contribution in [-0.4, -0.2) is 12.1 Å². The number of benzene rings is 1. The minimum Gasteiger partial charge on any atom is -0.497 e. The number of hydrogen-bond donors (Lipinski definition) is 1. The first kappa shape index (κ1) is 13.4. The molecule has 102 valence electrons. The van der Waals surface area contributed by atoms with Crippen molar-refractivity contribution in [3.05, 3.63) is 51.3 Å². The van der Waals surface area contributed by atoms with Gasteiger partial charge in [-0.2, -0.15) is 0 Å². The molecule has 0 spiro atoms. The van der Waals surface area contributed by atoms with Crippen LogP contribution < -0.4 is 10.1 Å². The second kappa shape index (κ2) is 5.81. The van der Waals surface area contributed by atoms with Gasteiger partial charge in [-0.3, -0.25) is 0 Å². The zero-order valence-corrected chi connectivity index (χ0v) is 13.3. The quantitative estimate of drug-likeness (QED) is 0.743. The summed E-state index contributed by atoms with van der Waals surface area (Å²) < 4.78 is 6.42. The summed E-state index contributed by atoms with van der Waals surface area (Å²) in [7, 11) is 1.67. The predicted octanol–water partition coefficient (Wildman–Crippen LogP) is 4.68. The van der Waals surface area contributed by atoms with Gasteiger partial charge in [-0.25, -0.2) is 4.98 Å². The van der Waals surface area contributed by atoms with Crippen LogP contribution in [0.5, 0.6) is 5.75 Å². The summed E-state index contributed by atoms with van der Waals surface area (Å²) in [5, 5.41) is 7.68. The summed E-state index contributed by atoms with van der Waals surface area (Å²) in [5.41, 5.74) is 0. The van der Waals surface area contributed by atoms with Crippen LogP contribution in [0.2, 0.25) is 0 Å². The van der Waals surface area contributed by atoms with Crippen LogP contribution >= 0.6 is 27.3 Å². The molecule has 0 saturated heterocycles. The second-order valence-electron chi connectivity index (χ2n) is 4.29. The SMILES string of the molecule is COc1ccc2ccnc(NCc3sccc3Br)c2c1. The van der Waals surface area contributed by atoms with Crippen molar-refractivity contribution < 1.29 is 4.74 Å². The molecule has 1 N–H and O–H groups in total. The van der Waals surface area contributed by atoms with Crippen molar-refractivity contribution in [2.45, 2.75) is 6.54 Å². The van der Waals surface area contributed by atoms with Gasteiger partial charge in [0.1, 0.15) is 11.6 Å². The van der Waals surface area contributed by atoms with Crippen LogP contribution in [-0.2, 0) is 6.54 Å². The first-order valence-electron chi connectivity index (χ1n) is 6.16. The maximum absolute atomic E-state index is 5.29. The number of rotatable bonds is 4. The molecule has 3 aromatic rings. The van der Waals surface area contributed by atoms with Crippen LogP contribution in [0.4, 0.5) is 5.82 Å². The van der Waals surface area contributed by atoms with Gasteiger partial charge in [-0.1, -0.05) is 6.07 Å². The Labute approximate surface area is 129 Å². The molecule has 0 amide bonds. The first-order chi connectivity index (χ1) is 9.78. The van der Waals surface area contributed by atoms with E-state index in [2.05, 4.69) is 37.7 Å². The highest BCUT2D eigenvalue weighted by Gasteiger charge is 2.06. The number of anilines is 1. The average molecular weight is 349 g/mol. The van der Waals surface area contributed by atoms with Gasteiger partial charge >= 0.3 is 0 Å². The Morgan fingerprint density at radius 2 is 2.20 bits per heavy atom. The average Bonchev–Trinajstić information content (AvgIpc) is 2.89. The van der Waals surface area contributed by atoms with Crippen LogP contribution in [0.3, 0.4) is 0 Å². The van der Waals surface area contributed by atoms with E-state index in [0.717, 1.165) is 33.4 Å². The van der Waals surface area contributed by atoms with Gasteiger partial charge in [0, 0.05) is 20.9 Å². The van der Waals surface area contributed by atoms with Crippen molar-refractivity contribution in [1.82, 2.24) is 4.98 Å². The fourth-order valence-electron chi connectivity index (χ4n) is 2.03. The maximum atomic E-state index is 5.29. The zero-order valence-electron chi connectivity index (χ0n) is 10.9. The number of nitrogens with zero attached hydrogens (tertiary/aromatic N) is 1. The minimum atomic E-state index is 0.752. The summed E-state index contributed by atoms with van der Waals surface area (Å²) in [6, 6.07) is 10.1. The molecule has 0 bridgehead atoms. The van der Waals surface area contributed by atoms with Crippen molar-refractivity contribution in [3.8, 4) is 5.75 Å². The lowest BCUT2D eigenvalue weighted by molar-refractivity contribution is 0.415. The lowest BCUT2D eigenvalue weighted by Gasteiger charge is -2.09. The predicted molar refractivity (Wildman–Crippen MR) is 87.6 cm³/mol. The van der Waals surface area contributed by atoms with Gasteiger partial charge in [0.25, 0.3) is 0 Å². The molecule has 0 unspecified atom stereocenters. The van der Waals surface area contributed by atoms with E-state index in [1.807, 2.05) is 30.5 Å². The molecule has 2 heterocycles. The van der Waals surface area contributed by atoms with E-state index in [9.17, 15) is 0 Å². The molecule has 20 heavy (non-hydrogen) atoms. The standard InChI is InChI=1S/C15H13BrN2OS/c1-19-11-3-2-10-4-6-17-15(12(10)8-11)18-9-14-13(16)5-7-20-14/h2-8H,9H2,1H3,(H,17,18). The number of halogens is 1. The third kappa shape index (κ3) is 2.64. The fraction of sp³-hybridized carbons (Fsp3) is 0.133. The summed E-state index contributed by atoms with van der Waals surface area (Å²) in [6.45, 7) is 0.752. The molecule has 3 nitrogen and oxygen atoms in total. The van der Waals surface area contributed by atoms with E-state index in [1.54, 1.807) is 18.4 Å². The highest BCUT2D eigenvalue weighted by molar-refractivity contribution is 9.10. The van der Waals surface area contributed by atoms with E-state index < -0.39 is 0 Å². The number of fused-ring (bicyclic) bond motifs is 1. The Kier molecular flexibility index (Phi) is 3.89. The molecule has 2 aromatic heterocycles. The molecular formula is C15H13BrN2OS. The van der Waals surface area contributed by atoms with Gasteiger partial charge in [0.15, 0.2) is 0 Å². The van der Waals surface area contributed by atoms with Crippen molar-refractivity contribution in [1.29, 1.82) is 0 Å². The highest BCUT2D eigenvalue weighted by atomic mass is 79.9. The lowest BCUT2D eigenvalue weighted by Crippen LogP contribution is -2.01. The van der Waals surface area contributed by atoms with E-state index in [1.165, 1.54) is 4.88 Å². The summed E-state index contributed by atoms with van der Waals surface area (Å²) in [4.78, 5) is 5.69. The molecule has 0 aliphatic heterocycles. The summed E-state index contributed by atoms with van der Waals surface area (Å²) in [6.07, 6.45) is 1.82. The molecule has 0 atom stereocenters. The van der Waals surface area contributed by atoms with Crippen LogP contribution in [0.1, 0.15) is 4.88 Å². The fourth-order valence-corrected chi connectivity index (χ4v) is 3.46. The van der Waals surface area contributed by atoms with Crippen LogP contribution in [0, 0.1) is 0 Å². The number of aromatic nitrogens is 1. The Hall–Kier alpha value is -1.59. The monoisotopic (exact) mass is 348 g/mol. The summed E-state index contributed by atoms with van der Waals surface area (Å²) >= 11 is 5.26. The van der Waals surface area contributed by atoms with Gasteiger partial charge in [-0.05, 0) is 51.0 Å². The van der Waals surface area contributed by atoms with E-state index in [-0.39, 0.29) is 0 Å². The Morgan fingerprint density at radius 1 is 1.30 bits per heavy atom. The number of ether oxygens (including phenoxy) is 1. The van der Waals surface area contributed by atoms with E-state index in [0.29, 0.717) is 0 Å². The Bertz CT molecular complexity index is 742. The molecule has 0 aliphatic carbocycles. The van der Waals surface area contributed by atoms with Crippen LogP contribution in [0.25, 0.3) is 10.8 Å². The molecule has 0 aliphatic rings. The molecule has 0 saturated carbocycles. The number of hydrogen-bond acceptors (Lipinski definition) is 4. The Morgan fingerprint density at radius 3 is 2.95 bits per heavy atom. The van der Waals surface area contributed by atoms with E-state index in [4.69, 9.17) is 4.74 Å². The van der Waals surface area contributed by atoms with Gasteiger partial charge in [-0.15, -0.1) is 11.3 Å². The number of thiophene rings is 1. The number of nitrogens with one attached hydrogen (secondary N) is 1. The topological polar surface area (TPSA) is 34.1 Å². The smallest absolute Gasteiger partial charge is 0.134 e. The van der Waals surface area contributed by atoms with Crippen molar-refractivity contribution in [2.24, 2.45) is 0 Å². The molecule has 5 heteroatoms. The number of pyridine rings is 1. The minimum absolute atomic E-state index is 0.752. The molecule has 0 radical (unpaired) electrons. The lowest BCUT2D eigenvalue weighted by atomic mass is 10.1. The van der Waals surface area contributed by atoms with Gasteiger partial charge in [0.05, 0.1) is 13.7 Å². The van der Waals surface area contributed by atoms with Gasteiger partial charge in [0.2, 0.25) is 0 Å². The molecular weight excluding hydrogens is 336 g/mol. The van der Waals surface area contributed by atoms with E-state index >= 15 is 0 Å².